The maximum atomic E-state index is 13.3. The number of H-pyrrole nitrogens is 1. The topological polar surface area (TPSA) is 75.7 Å². The van der Waals surface area contributed by atoms with Crippen LogP contribution in [0.15, 0.2) is 53.7 Å². The van der Waals surface area contributed by atoms with Crippen LogP contribution in [0, 0.1) is 5.82 Å². The van der Waals surface area contributed by atoms with Crippen molar-refractivity contribution >= 4 is 40.8 Å². The third-order valence-corrected chi connectivity index (χ3v) is 6.09. The highest BCUT2D eigenvalue weighted by atomic mass is 127. The summed E-state index contributed by atoms with van der Waals surface area (Å²) >= 11 is 0. The molecule has 4 N–H and O–H groups in total. The highest BCUT2D eigenvalue weighted by Crippen LogP contribution is 2.19. The molecule has 0 unspecified atom stereocenters. The Balaban J connectivity index is 0.00000306. The molecule has 1 fully saturated rings. The van der Waals surface area contributed by atoms with Crippen LogP contribution in [0.3, 0.4) is 0 Å². The molecule has 0 amide bonds. The Morgan fingerprint density at radius 2 is 1.85 bits per heavy atom. The number of guanidine groups is 1. The van der Waals surface area contributed by atoms with Gasteiger partial charge < -0.3 is 20.7 Å². The van der Waals surface area contributed by atoms with Gasteiger partial charge in [0.2, 0.25) is 0 Å². The first-order valence-corrected chi connectivity index (χ1v) is 11.3. The summed E-state index contributed by atoms with van der Waals surface area (Å²) in [7, 11) is 1.77. The molecule has 0 saturated carbocycles. The van der Waals surface area contributed by atoms with Crippen LogP contribution in [-0.2, 0) is 19.5 Å². The van der Waals surface area contributed by atoms with Gasteiger partial charge in [0.1, 0.15) is 5.82 Å². The third kappa shape index (κ3) is 7.15. The molecule has 0 aliphatic carbocycles. The van der Waals surface area contributed by atoms with Gasteiger partial charge in [-0.25, -0.2) is 4.39 Å². The van der Waals surface area contributed by atoms with Crippen LogP contribution in [-0.4, -0.2) is 53.7 Å². The van der Waals surface area contributed by atoms with E-state index in [0.29, 0.717) is 6.54 Å². The number of halogens is 2. The Labute approximate surface area is 211 Å². The second-order valence-electron chi connectivity index (χ2n) is 8.43. The lowest BCUT2D eigenvalue weighted by Gasteiger charge is -2.29. The number of hydrogen-bond donors (Lipinski definition) is 4. The number of aliphatic hydroxyl groups is 1. The molecule has 0 bridgehead atoms. The number of hydrogen-bond acceptors (Lipinski definition) is 3. The maximum Gasteiger partial charge on any atom is 0.191 e. The fraction of sp³-hybridized carbons (Fsp3) is 0.400. The molecule has 0 atom stereocenters. The quantitative estimate of drug-likeness (QED) is 0.200. The van der Waals surface area contributed by atoms with E-state index in [-0.39, 0.29) is 35.9 Å². The van der Waals surface area contributed by atoms with E-state index in [1.165, 1.54) is 23.3 Å². The van der Waals surface area contributed by atoms with E-state index in [0.717, 1.165) is 67.9 Å². The highest BCUT2D eigenvalue weighted by Gasteiger charge is 2.16. The maximum absolute atomic E-state index is 13.3. The van der Waals surface area contributed by atoms with Crippen molar-refractivity contribution in [1.29, 1.82) is 0 Å². The first-order chi connectivity index (χ1) is 15.6. The standard InChI is InChI=1S/C25H32FN5O.HI/c1-27-25(28-11-8-20-16-29-24-14-21(26)6-7-23(20)24)30-15-18-2-4-19(5-3-18)17-31-12-9-22(32)10-13-31;/h2-7,14,16,22,29,32H,8-13,15,17H2,1H3,(H2,27,28,30);1H. The molecule has 4 rings (SSSR count). The molecule has 3 aromatic rings. The van der Waals surface area contributed by atoms with Crippen LogP contribution >= 0.6 is 24.0 Å². The number of nitrogens with zero attached hydrogens (tertiary/aromatic N) is 2. The lowest BCUT2D eigenvalue weighted by Crippen LogP contribution is -2.37. The molecule has 2 heterocycles. The van der Waals surface area contributed by atoms with Crippen molar-refractivity contribution in [2.24, 2.45) is 4.99 Å². The van der Waals surface area contributed by atoms with Gasteiger partial charge in [0.25, 0.3) is 0 Å². The van der Waals surface area contributed by atoms with Crippen LogP contribution in [0.4, 0.5) is 4.39 Å². The van der Waals surface area contributed by atoms with Crippen molar-refractivity contribution in [2.45, 2.75) is 38.5 Å². The van der Waals surface area contributed by atoms with E-state index in [9.17, 15) is 9.50 Å². The minimum absolute atomic E-state index is 0. The van der Waals surface area contributed by atoms with Gasteiger partial charge in [0, 0.05) is 56.9 Å². The highest BCUT2D eigenvalue weighted by molar-refractivity contribution is 14.0. The number of aromatic amines is 1. The molecule has 1 aromatic heterocycles. The molecular formula is C25H33FIN5O. The molecule has 2 aromatic carbocycles. The minimum atomic E-state index is -0.229. The predicted molar refractivity (Wildman–Crippen MR) is 143 cm³/mol. The number of rotatable bonds is 7. The van der Waals surface area contributed by atoms with Gasteiger partial charge in [-0.05, 0) is 54.2 Å². The van der Waals surface area contributed by atoms with E-state index in [1.54, 1.807) is 7.05 Å². The van der Waals surface area contributed by atoms with Crippen LogP contribution in [0.5, 0.6) is 0 Å². The largest absolute Gasteiger partial charge is 0.393 e. The molecule has 0 spiro atoms. The van der Waals surface area contributed by atoms with Crippen LogP contribution < -0.4 is 10.6 Å². The summed E-state index contributed by atoms with van der Waals surface area (Å²) in [5, 5.41) is 17.4. The van der Waals surface area contributed by atoms with E-state index >= 15 is 0 Å². The number of aromatic nitrogens is 1. The second-order valence-corrected chi connectivity index (χ2v) is 8.43. The van der Waals surface area contributed by atoms with Crippen molar-refractivity contribution in [3.05, 3.63) is 71.2 Å². The van der Waals surface area contributed by atoms with Gasteiger partial charge in [0.15, 0.2) is 5.96 Å². The summed E-state index contributed by atoms with van der Waals surface area (Å²) in [6.45, 7) is 4.28. The molecule has 6 nitrogen and oxygen atoms in total. The van der Waals surface area contributed by atoms with Gasteiger partial charge in [0.05, 0.1) is 6.10 Å². The lowest BCUT2D eigenvalue weighted by molar-refractivity contribution is 0.0792. The molecule has 33 heavy (non-hydrogen) atoms. The Morgan fingerprint density at radius 1 is 1.12 bits per heavy atom. The average molecular weight is 565 g/mol. The number of piperidine rings is 1. The summed E-state index contributed by atoms with van der Waals surface area (Å²) < 4.78 is 13.3. The molecule has 1 aliphatic rings. The van der Waals surface area contributed by atoms with Gasteiger partial charge in [-0.3, -0.25) is 9.89 Å². The zero-order valence-corrected chi connectivity index (χ0v) is 21.3. The van der Waals surface area contributed by atoms with Crippen LogP contribution in [0.2, 0.25) is 0 Å². The zero-order chi connectivity index (χ0) is 22.3. The molecule has 1 saturated heterocycles. The number of aliphatic imine (C=N–C) groups is 1. The second kappa shape index (κ2) is 12.3. The Bertz CT molecular complexity index is 1040. The fourth-order valence-electron chi connectivity index (χ4n) is 4.19. The van der Waals surface area contributed by atoms with Crippen molar-refractivity contribution in [2.75, 3.05) is 26.7 Å². The summed E-state index contributed by atoms with van der Waals surface area (Å²) in [6.07, 6.45) is 4.36. The van der Waals surface area contributed by atoms with Gasteiger partial charge in [-0.1, -0.05) is 24.3 Å². The van der Waals surface area contributed by atoms with Gasteiger partial charge in [-0.2, -0.15) is 0 Å². The van der Waals surface area contributed by atoms with Gasteiger partial charge in [-0.15, -0.1) is 24.0 Å². The monoisotopic (exact) mass is 565 g/mol. The van der Waals surface area contributed by atoms with E-state index in [4.69, 9.17) is 0 Å². The molecule has 1 aliphatic heterocycles. The van der Waals surface area contributed by atoms with Crippen LogP contribution in [0.1, 0.15) is 29.5 Å². The molecular weight excluding hydrogens is 532 g/mol. The number of aliphatic hydroxyl groups excluding tert-OH is 1. The van der Waals surface area contributed by atoms with Gasteiger partial charge >= 0.3 is 0 Å². The summed E-state index contributed by atoms with van der Waals surface area (Å²) in [5.74, 6) is 0.528. The fourth-order valence-corrected chi connectivity index (χ4v) is 4.19. The molecule has 178 valence electrons. The molecule has 8 heteroatoms. The summed E-state index contributed by atoms with van der Waals surface area (Å²) in [6, 6.07) is 13.5. The van der Waals surface area contributed by atoms with Crippen molar-refractivity contribution < 1.29 is 9.50 Å². The smallest absolute Gasteiger partial charge is 0.191 e. The first kappa shape index (κ1) is 25.5. The molecule has 0 radical (unpaired) electrons. The Morgan fingerprint density at radius 3 is 2.58 bits per heavy atom. The Hall–Kier alpha value is -2.17. The average Bonchev–Trinajstić information content (AvgIpc) is 3.20. The third-order valence-electron chi connectivity index (χ3n) is 6.09. The number of nitrogens with one attached hydrogen (secondary N) is 3. The van der Waals surface area contributed by atoms with Crippen molar-refractivity contribution in [3.63, 3.8) is 0 Å². The van der Waals surface area contributed by atoms with E-state index < -0.39 is 0 Å². The summed E-state index contributed by atoms with van der Waals surface area (Å²) in [4.78, 5) is 9.84. The number of fused-ring (bicyclic) bond motifs is 1. The summed E-state index contributed by atoms with van der Waals surface area (Å²) in [5.41, 5.74) is 4.47. The SMILES string of the molecule is CN=C(NCCc1c[nH]c2cc(F)ccc12)NCc1ccc(CN2CCC(O)CC2)cc1.I. The normalized spacial score (nSPS) is 15.4. The number of likely N-dealkylation sites (tertiary alicyclic amines) is 1. The van der Waals surface area contributed by atoms with Crippen molar-refractivity contribution in [3.8, 4) is 0 Å². The first-order valence-electron chi connectivity index (χ1n) is 11.3. The predicted octanol–water partition coefficient (Wildman–Crippen LogP) is 3.79. The van der Waals surface area contributed by atoms with E-state index in [1.807, 2.05) is 12.3 Å². The van der Waals surface area contributed by atoms with Crippen molar-refractivity contribution in [1.82, 2.24) is 20.5 Å². The lowest BCUT2D eigenvalue weighted by atomic mass is 10.1. The zero-order valence-electron chi connectivity index (χ0n) is 19.0. The van der Waals surface area contributed by atoms with E-state index in [2.05, 4.69) is 49.8 Å². The minimum Gasteiger partial charge on any atom is -0.393 e. The Kier molecular flexibility index (Phi) is 9.52. The number of benzene rings is 2. The van der Waals surface area contributed by atoms with Crippen LogP contribution in [0.25, 0.3) is 10.9 Å².